The van der Waals surface area contributed by atoms with E-state index in [9.17, 15) is 14.0 Å². The fourth-order valence-corrected chi connectivity index (χ4v) is 2.75. The summed E-state index contributed by atoms with van der Waals surface area (Å²) in [5.41, 5.74) is 1.97. The maximum Gasteiger partial charge on any atom is 0.255 e. The molecule has 0 atom stereocenters. The SMILES string of the molecule is O=C(/C=C/c1ccc(Cl)cc1)Nc1cccc(C(=O)Nc2ccc(F)c(Cl)c2)c1. The minimum Gasteiger partial charge on any atom is -0.322 e. The molecule has 0 aliphatic carbocycles. The van der Waals surface area contributed by atoms with Crippen LogP contribution >= 0.6 is 23.2 Å². The van der Waals surface area contributed by atoms with Gasteiger partial charge in [-0.3, -0.25) is 9.59 Å². The standard InChI is InChI=1S/C22H15Cl2FN2O2/c23-16-7-4-14(5-8-16)6-11-21(28)26-17-3-1-2-15(12-17)22(29)27-18-9-10-20(25)19(24)13-18/h1-13H,(H,26,28)(H,27,29)/b11-6+. The number of hydrogen-bond acceptors (Lipinski definition) is 2. The Balaban J connectivity index is 1.65. The van der Waals surface area contributed by atoms with E-state index in [1.807, 2.05) is 0 Å². The van der Waals surface area contributed by atoms with Crippen molar-refractivity contribution in [2.75, 3.05) is 10.6 Å². The van der Waals surface area contributed by atoms with Crippen LogP contribution in [0.15, 0.2) is 72.8 Å². The van der Waals surface area contributed by atoms with Gasteiger partial charge in [0.05, 0.1) is 5.02 Å². The van der Waals surface area contributed by atoms with Gasteiger partial charge >= 0.3 is 0 Å². The molecule has 0 aliphatic heterocycles. The molecular weight excluding hydrogens is 414 g/mol. The Morgan fingerprint density at radius 2 is 1.59 bits per heavy atom. The monoisotopic (exact) mass is 428 g/mol. The Hall–Kier alpha value is -3.15. The third kappa shape index (κ3) is 5.91. The average molecular weight is 429 g/mol. The van der Waals surface area contributed by atoms with Gasteiger partial charge in [-0.05, 0) is 60.2 Å². The van der Waals surface area contributed by atoms with Crippen molar-refractivity contribution in [1.82, 2.24) is 0 Å². The molecular formula is C22H15Cl2FN2O2. The molecule has 0 spiro atoms. The summed E-state index contributed by atoms with van der Waals surface area (Å²) in [4.78, 5) is 24.5. The van der Waals surface area contributed by atoms with Crippen LogP contribution in [0, 0.1) is 5.82 Å². The number of benzene rings is 3. The van der Waals surface area contributed by atoms with Crippen LogP contribution in [-0.2, 0) is 4.79 Å². The molecule has 146 valence electrons. The summed E-state index contributed by atoms with van der Waals surface area (Å²) in [5, 5.41) is 5.86. The van der Waals surface area contributed by atoms with Crippen LogP contribution < -0.4 is 10.6 Å². The molecule has 3 rings (SSSR count). The molecule has 3 aromatic carbocycles. The van der Waals surface area contributed by atoms with Crippen molar-refractivity contribution >= 4 is 52.5 Å². The zero-order valence-corrected chi connectivity index (χ0v) is 16.5. The Kier molecular flexibility index (Phi) is 6.65. The van der Waals surface area contributed by atoms with Crippen molar-refractivity contribution in [3.05, 3.63) is 99.8 Å². The van der Waals surface area contributed by atoms with E-state index in [2.05, 4.69) is 10.6 Å². The van der Waals surface area contributed by atoms with E-state index in [4.69, 9.17) is 23.2 Å². The molecule has 0 fully saturated rings. The van der Waals surface area contributed by atoms with Crippen LogP contribution in [0.25, 0.3) is 6.08 Å². The van der Waals surface area contributed by atoms with Crippen LogP contribution in [0.4, 0.5) is 15.8 Å². The van der Waals surface area contributed by atoms with E-state index in [0.717, 1.165) is 5.56 Å². The third-order valence-electron chi connectivity index (χ3n) is 3.87. The van der Waals surface area contributed by atoms with Crippen molar-refractivity contribution in [2.24, 2.45) is 0 Å². The number of carbonyl (C=O) groups excluding carboxylic acids is 2. The van der Waals surface area contributed by atoms with Crippen molar-refractivity contribution in [3.8, 4) is 0 Å². The average Bonchev–Trinajstić information content (AvgIpc) is 2.70. The molecule has 0 saturated carbocycles. The Labute approximate surface area is 177 Å². The minimum absolute atomic E-state index is 0.0868. The number of hydrogen-bond donors (Lipinski definition) is 2. The molecule has 0 bridgehead atoms. The van der Waals surface area contributed by atoms with E-state index in [1.165, 1.54) is 30.3 Å². The summed E-state index contributed by atoms with van der Waals surface area (Å²) < 4.78 is 13.2. The summed E-state index contributed by atoms with van der Waals surface area (Å²) in [6, 6.07) is 17.4. The quantitative estimate of drug-likeness (QED) is 0.486. The molecule has 0 radical (unpaired) electrons. The van der Waals surface area contributed by atoms with E-state index in [0.29, 0.717) is 22.0 Å². The summed E-state index contributed by atoms with van der Waals surface area (Å²) in [5.74, 6) is -1.33. The molecule has 29 heavy (non-hydrogen) atoms. The number of anilines is 2. The molecule has 0 aromatic heterocycles. The highest BCUT2D eigenvalue weighted by molar-refractivity contribution is 6.31. The van der Waals surface area contributed by atoms with Gasteiger partial charge in [0.25, 0.3) is 5.91 Å². The van der Waals surface area contributed by atoms with Crippen molar-refractivity contribution in [2.45, 2.75) is 0 Å². The number of halogens is 3. The first-order valence-corrected chi connectivity index (χ1v) is 9.27. The molecule has 4 nitrogen and oxygen atoms in total. The molecule has 7 heteroatoms. The predicted octanol–water partition coefficient (Wildman–Crippen LogP) is 6.04. The Morgan fingerprint density at radius 1 is 0.862 bits per heavy atom. The molecule has 0 heterocycles. The summed E-state index contributed by atoms with van der Waals surface area (Å²) in [6.07, 6.45) is 3.04. The fraction of sp³-hybridized carbons (Fsp3) is 0. The molecule has 2 N–H and O–H groups in total. The molecule has 0 unspecified atom stereocenters. The number of amides is 2. The summed E-state index contributed by atoms with van der Waals surface area (Å²) >= 11 is 11.5. The highest BCUT2D eigenvalue weighted by atomic mass is 35.5. The first kappa shape index (κ1) is 20.6. The van der Waals surface area contributed by atoms with Crippen LogP contribution in [0.2, 0.25) is 10.0 Å². The van der Waals surface area contributed by atoms with Crippen molar-refractivity contribution < 1.29 is 14.0 Å². The first-order valence-electron chi connectivity index (χ1n) is 8.52. The van der Waals surface area contributed by atoms with E-state index in [-0.39, 0.29) is 10.9 Å². The zero-order chi connectivity index (χ0) is 20.8. The maximum absolute atomic E-state index is 13.2. The molecule has 0 saturated heterocycles. The van der Waals surface area contributed by atoms with Gasteiger partial charge in [0, 0.05) is 28.0 Å². The maximum atomic E-state index is 13.2. The minimum atomic E-state index is -0.568. The second-order valence-corrected chi connectivity index (χ2v) is 6.88. The van der Waals surface area contributed by atoms with Crippen LogP contribution in [-0.4, -0.2) is 11.8 Å². The smallest absolute Gasteiger partial charge is 0.255 e. The highest BCUT2D eigenvalue weighted by Crippen LogP contribution is 2.20. The lowest BCUT2D eigenvalue weighted by atomic mass is 10.1. The summed E-state index contributed by atoms with van der Waals surface area (Å²) in [7, 11) is 0. The van der Waals surface area contributed by atoms with Gasteiger partial charge < -0.3 is 10.6 Å². The second-order valence-electron chi connectivity index (χ2n) is 6.04. The first-order chi connectivity index (χ1) is 13.9. The van der Waals surface area contributed by atoms with Gasteiger partial charge in [0.1, 0.15) is 5.82 Å². The number of nitrogens with one attached hydrogen (secondary N) is 2. The van der Waals surface area contributed by atoms with Gasteiger partial charge in [-0.2, -0.15) is 0 Å². The van der Waals surface area contributed by atoms with Crippen molar-refractivity contribution in [1.29, 1.82) is 0 Å². The van der Waals surface area contributed by atoms with Crippen molar-refractivity contribution in [3.63, 3.8) is 0 Å². The van der Waals surface area contributed by atoms with Gasteiger partial charge in [0.15, 0.2) is 0 Å². The largest absolute Gasteiger partial charge is 0.322 e. The third-order valence-corrected chi connectivity index (χ3v) is 4.41. The highest BCUT2D eigenvalue weighted by Gasteiger charge is 2.09. The molecule has 0 aliphatic rings. The van der Waals surface area contributed by atoms with Crippen LogP contribution in [0.3, 0.4) is 0 Å². The lowest BCUT2D eigenvalue weighted by molar-refractivity contribution is -0.111. The lowest BCUT2D eigenvalue weighted by Crippen LogP contribution is -2.13. The van der Waals surface area contributed by atoms with Crippen LogP contribution in [0.1, 0.15) is 15.9 Å². The van der Waals surface area contributed by atoms with E-state index >= 15 is 0 Å². The van der Waals surface area contributed by atoms with E-state index in [1.54, 1.807) is 48.5 Å². The second kappa shape index (κ2) is 9.37. The van der Waals surface area contributed by atoms with Crippen LogP contribution in [0.5, 0.6) is 0 Å². The van der Waals surface area contributed by atoms with E-state index < -0.39 is 11.7 Å². The van der Waals surface area contributed by atoms with Gasteiger partial charge in [0.2, 0.25) is 5.91 Å². The van der Waals surface area contributed by atoms with Gasteiger partial charge in [-0.15, -0.1) is 0 Å². The zero-order valence-electron chi connectivity index (χ0n) is 15.0. The molecule has 3 aromatic rings. The molecule has 2 amide bonds. The van der Waals surface area contributed by atoms with Gasteiger partial charge in [-0.1, -0.05) is 41.4 Å². The van der Waals surface area contributed by atoms with Gasteiger partial charge in [-0.25, -0.2) is 4.39 Å². The lowest BCUT2D eigenvalue weighted by Gasteiger charge is -2.08. The Morgan fingerprint density at radius 3 is 2.31 bits per heavy atom. The number of rotatable bonds is 5. The predicted molar refractivity (Wildman–Crippen MR) is 115 cm³/mol. The topological polar surface area (TPSA) is 58.2 Å². The normalized spacial score (nSPS) is 10.7. The fourth-order valence-electron chi connectivity index (χ4n) is 2.45. The Bertz CT molecular complexity index is 1080. The number of carbonyl (C=O) groups is 2. The summed E-state index contributed by atoms with van der Waals surface area (Å²) in [6.45, 7) is 0.